The van der Waals surface area contributed by atoms with Crippen LogP contribution in [-0.2, 0) is 11.3 Å². The molecule has 0 spiro atoms. The van der Waals surface area contributed by atoms with Crippen LogP contribution in [0.5, 0.6) is 0 Å². The van der Waals surface area contributed by atoms with Crippen molar-refractivity contribution in [2.24, 2.45) is 0 Å². The van der Waals surface area contributed by atoms with Crippen molar-refractivity contribution in [2.75, 3.05) is 11.4 Å². The van der Waals surface area contributed by atoms with E-state index < -0.39 is 0 Å². The molecule has 1 amide bonds. The minimum atomic E-state index is -0.0262. The maximum Gasteiger partial charge on any atom is 0.227 e. The average Bonchev–Trinajstić information content (AvgIpc) is 3.31. The van der Waals surface area contributed by atoms with Gasteiger partial charge in [0, 0.05) is 39.6 Å². The molecule has 3 aromatic carbocycles. The number of hydrogen-bond acceptors (Lipinski definition) is 2. The molecule has 156 valence electrons. The molecule has 0 radical (unpaired) electrons. The molecule has 1 aliphatic rings. The van der Waals surface area contributed by atoms with Gasteiger partial charge in [-0.05, 0) is 54.1 Å². The number of amides is 1. The fourth-order valence-corrected chi connectivity index (χ4v) is 4.74. The molecule has 1 fully saturated rings. The molecule has 1 atom stereocenters. The first-order valence-corrected chi connectivity index (χ1v) is 11.1. The number of aromatic nitrogens is 2. The van der Waals surface area contributed by atoms with Gasteiger partial charge in [0.05, 0.1) is 17.6 Å². The molecule has 7 heteroatoms. The van der Waals surface area contributed by atoms with E-state index >= 15 is 0 Å². The Morgan fingerprint density at radius 2 is 1.68 bits per heavy atom. The van der Waals surface area contributed by atoms with Gasteiger partial charge in [0.2, 0.25) is 5.91 Å². The second-order valence-corrected chi connectivity index (χ2v) is 8.94. The summed E-state index contributed by atoms with van der Waals surface area (Å²) in [6.45, 7) is 1.12. The van der Waals surface area contributed by atoms with E-state index in [1.54, 1.807) is 23.1 Å². The van der Waals surface area contributed by atoms with Crippen molar-refractivity contribution in [1.29, 1.82) is 0 Å². The standard InChI is InChI=1S/C24H18Cl3N3O/c25-17-7-9-19(10-8-17)29-14-16(11-23(29)31)24-28-21-3-1-2-4-22(21)30(24)13-15-5-6-18(26)12-20(15)27/h1-10,12,16H,11,13-14H2. The molecule has 4 aromatic rings. The first kappa shape index (κ1) is 20.4. The predicted octanol–water partition coefficient (Wildman–Crippen LogP) is 6.57. The average molecular weight is 471 g/mol. The van der Waals surface area contributed by atoms with Crippen molar-refractivity contribution in [3.05, 3.63) is 93.2 Å². The van der Waals surface area contributed by atoms with Crippen molar-refractivity contribution >= 4 is 57.4 Å². The van der Waals surface area contributed by atoms with Crippen LogP contribution in [0, 0.1) is 0 Å². The third-order valence-electron chi connectivity index (χ3n) is 5.66. The van der Waals surface area contributed by atoms with Crippen LogP contribution < -0.4 is 4.90 Å². The lowest BCUT2D eigenvalue weighted by molar-refractivity contribution is -0.117. The lowest BCUT2D eigenvalue weighted by atomic mass is 10.1. The maximum atomic E-state index is 12.8. The molecule has 1 aliphatic heterocycles. The first-order chi connectivity index (χ1) is 15.0. The number of anilines is 1. The second-order valence-electron chi connectivity index (χ2n) is 7.66. The molecular weight excluding hydrogens is 453 g/mol. The van der Waals surface area contributed by atoms with Crippen LogP contribution in [-0.4, -0.2) is 22.0 Å². The van der Waals surface area contributed by atoms with Gasteiger partial charge in [-0.2, -0.15) is 0 Å². The Bertz CT molecular complexity index is 1280. The lowest BCUT2D eigenvalue weighted by Crippen LogP contribution is -2.24. The van der Waals surface area contributed by atoms with Gasteiger partial charge < -0.3 is 9.47 Å². The van der Waals surface area contributed by atoms with Gasteiger partial charge in [-0.15, -0.1) is 0 Å². The van der Waals surface area contributed by atoms with E-state index in [-0.39, 0.29) is 11.8 Å². The Hall–Kier alpha value is -2.53. The molecule has 0 saturated carbocycles. The minimum absolute atomic E-state index is 0.0262. The summed E-state index contributed by atoms with van der Waals surface area (Å²) in [6.07, 6.45) is 0.403. The lowest BCUT2D eigenvalue weighted by Gasteiger charge is -2.18. The van der Waals surface area contributed by atoms with Crippen LogP contribution in [0.3, 0.4) is 0 Å². The molecular formula is C24H18Cl3N3O. The SMILES string of the molecule is O=C1CC(c2nc3ccccc3n2Cc2ccc(Cl)cc2Cl)CN1c1ccc(Cl)cc1. The Balaban J connectivity index is 1.53. The van der Waals surface area contributed by atoms with Crippen LogP contribution >= 0.6 is 34.8 Å². The van der Waals surface area contributed by atoms with Gasteiger partial charge in [0.1, 0.15) is 5.82 Å². The number of carbonyl (C=O) groups is 1. The number of halogens is 3. The Kier molecular flexibility index (Phi) is 5.39. The molecule has 1 unspecified atom stereocenters. The van der Waals surface area contributed by atoms with E-state index in [2.05, 4.69) is 4.57 Å². The van der Waals surface area contributed by atoms with Gasteiger partial charge in [-0.1, -0.05) is 53.0 Å². The quantitative estimate of drug-likeness (QED) is 0.338. The van der Waals surface area contributed by atoms with Gasteiger partial charge in [0.15, 0.2) is 0 Å². The predicted molar refractivity (Wildman–Crippen MR) is 126 cm³/mol. The number of imidazole rings is 1. The number of benzene rings is 3. The Morgan fingerprint density at radius 3 is 2.45 bits per heavy atom. The maximum absolute atomic E-state index is 12.8. The molecule has 1 saturated heterocycles. The van der Waals surface area contributed by atoms with E-state index in [0.717, 1.165) is 28.1 Å². The third-order valence-corrected chi connectivity index (χ3v) is 6.50. The van der Waals surface area contributed by atoms with Gasteiger partial charge >= 0.3 is 0 Å². The van der Waals surface area contributed by atoms with Crippen molar-refractivity contribution < 1.29 is 4.79 Å². The van der Waals surface area contributed by atoms with Crippen LogP contribution in [0.2, 0.25) is 15.1 Å². The number of carbonyl (C=O) groups excluding carboxylic acids is 1. The highest BCUT2D eigenvalue weighted by Gasteiger charge is 2.35. The molecule has 5 rings (SSSR count). The summed E-state index contributed by atoms with van der Waals surface area (Å²) < 4.78 is 2.16. The summed E-state index contributed by atoms with van der Waals surface area (Å²) in [5.74, 6) is 0.939. The van der Waals surface area contributed by atoms with E-state index in [1.165, 1.54) is 0 Å². The Morgan fingerprint density at radius 1 is 0.935 bits per heavy atom. The highest BCUT2D eigenvalue weighted by molar-refractivity contribution is 6.35. The summed E-state index contributed by atoms with van der Waals surface area (Å²) in [5.41, 5.74) is 3.72. The summed E-state index contributed by atoms with van der Waals surface area (Å²) in [6, 6.07) is 20.9. The van der Waals surface area contributed by atoms with E-state index in [1.807, 2.05) is 48.5 Å². The zero-order chi connectivity index (χ0) is 21.5. The molecule has 31 heavy (non-hydrogen) atoms. The number of para-hydroxylation sites is 2. The smallest absolute Gasteiger partial charge is 0.227 e. The highest BCUT2D eigenvalue weighted by atomic mass is 35.5. The van der Waals surface area contributed by atoms with Crippen LogP contribution in [0.15, 0.2) is 66.7 Å². The summed E-state index contributed by atoms with van der Waals surface area (Å²) in [5, 5.41) is 1.86. The Labute approximate surface area is 195 Å². The fourth-order valence-electron chi connectivity index (χ4n) is 4.14. The van der Waals surface area contributed by atoms with E-state index in [9.17, 15) is 4.79 Å². The van der Waals surface area contributed by atoms with Crippen molar-refractivity contribution in [1.82, 2.24) is 9.55 Å². The van der Waals surface area contributed by atoms with Crippen LogP contribution in [0.4, 0.5) is 5.69 Å². The minimum Gasteiger partial charge on any atom is -0.323 e. The normalized spacial score (nSPS) is 16.4. The number of hydrogen-bond donors (Lipinski definition) is 0. The zero-order valence-corrected chi connectivity index (χ0v) is 18.7. The largest absolute Gasteiger partial charge is 0.323 e. The molecule has 1 aromatic heterocycles. The van der Waals surface area contributed by atoms with Crippen molar-refractivity contribution in [3.63, 3.8) is 0 Å². The summed E-state index contributed by atoms with van der Waals surface area (Å²) in [7, 11) is 0. The summed E-state index contributed by atoms with van der Waals surface area (Å²) in [4.78, 5) is 19.6. The zero-order valence-electron chi connectivity index (χ0n) is 16.4. The number of rotatable bonds is 4. The second kappa shape index (κ2) is 8.19. The van der Waals surface area contributed by atoms with Crippen molar-refractivity contribution in [2.45, 2.75) is 18.9 Å². The number of nitrogens with zero attached hydrogens (tertiary/aromatic N) is 3. The molecule has 4 nitrogen and oxygen atoms in total. The van der Waals surface area contributed by atoms with Gasteiger partial charge in [-0.25, -0.2) is 4.98 Å². The molecule has 0 N–H and O–H groups in total. The first-order valence-electron chi connectivity index (χ1n) is 9.94. The fraction of sp³-hybridized carbons (Fsp3) is 0.167. The molecule has 0 aliphatic carbocycles. The highest BCUT2D eigenvalue weighted by Crippen LogP contribution is 2.34. The van der Waals surface area contributed by atoms with Crippen LogP contribution in [0.25, 0.3) is 11.0 Å². The van der Waals surface area contributed by atoms with Gasteiger partial charge in [-0.3, -0.25) is 4.79 Å². The number of fused-ring (bicyclic) bond motifs is 1. The molecule has 2 heterocycles. The van der Waals surface area contributed by atoms with Gasteiger partial charge in [0.25, 0.3) is 0 Å². The monoisotopic (exact) mass is 469 g/mol. The van der Waals surface area contributed by atoms with Crippen molar-refractivity contribution in [3.8, 4) is 0 Å². The third kappa shape index (κ3) is 3.91. The molecule has 0 bridgehead atoms. The van der Waals surface area contributed by atoms with E-state index in [4.69, 9.17) is 39.8 Å². The summed E-state index contributed by atoms with van der Waals surface area (Å²) >= 11 is 18.5. The topological polar surface area (TPSA) is 38.1 Å². The van der Waals surface area contributed by atoms with Crippen LogP contribution in [0.1, 0.15) is 23.7 Å². The van der Waals surface area contributed by atoms with E-state index in [0.29, 0.717) is 34.6 Å².